The third kappa shape index (κ3) is 2.62. The van der Waals surface area contributed by atoms with E-state index in [4.69, 9.17) is 5.84 Å². The van der Waals surface area contributed by atoms with Crippen LogP contribution in [-0.2, 0) is 6.42 Å². The van der Waals surface area contributed by atoms with Gasteiger partial charge in [0.25, 0.3) is 5.69 Å². The Hall–Kier alpha value is -3.26. The normalized spacial score (nSPS) is 13.6. The lowest BCUT2D eigenvalue weighted by molar-refractivity contribution is -0.384. The number of nitro groups is 1. The lowest BCUT2D eigenvalue weighted by atomic mass is 10.0. The minimum Gasteiger partial charge on any atom is -0.325 e. The quantitative estimate of drug-likeness (QED) is 0.430. The molecule has 4 rings (SSSR count). The summed E-state index contributed by atoms with van der Waals surface area (Å²) in [6.07, 6.45) is 2.02. The minimum absolute atomic E-state index is 0.0147. The molecule has 0 saturated heterocycles. The molecule has 126 valence electrons. The zero-order chi connectivity index (χ0) is 17.4. The fourth-order valence-electron chi connectivity index (χ4n) is 3.24. The number of nitrogen functional groups attached to an aromatic ring is 1. The van der Waals surface area contributed by atoms with Gasteiger partial charge in [0.2, 0.25) is 5.95 Å². The van der Waals surface area contributed by atoms with E-state index < -0.39 is 4.92 Å². The van der Waals surface area contributed by atoms with E-state index in [-0.39, 0.29) is 11.6 Å². The number of hydrazine groups is 1. The van der Waals surface area contributed by atoms with Gasteiger partial charge in [0.1, 0.15) is 5.82 Å². The number of hydrogen-bond donors (Lipinski definition) is 2. The summed E-state index contributed by atoms with van der Waals surface area (Å²) < 4.78 is 0. The SMILES string of the molecule is NNc1nc(N2CCCc3ccccc32)c2ccc([N+](=O)[O-])cc2n1. The van der Waals surface area contributed by atoms with Gasteiger partial charge in [-0.3, -0.25) is 15.5 Å². The lowest BCUT2D eigenvalue weighted by Crippen LogP contribution is -2.26. The number of benzene rings is 2. The van der Waals surface area contributed by atoms with Crippen LogP contribution >= 0.6 is 0 Å². The molecule has 8 heteroatoms. The van der Waals surface area contributed by atoms with E-state index in [0.29, 0.717) is 11.3 Å². The van der Waals surface area contributed by atoms with E-state index in [1.165, 1.54) is 17.7 Å². The number of nitrogens with two attached hydrogens (primary N) is 1. The molecule has 0 atom stereocenters. The van der Waals surface area contributed by atoms with Crippen LogP contribution in [0.3, 0.4) is 0 Å². The molecule has 0 fully saturated rings. The molecule has 3 aromatic rings. The number of nitrogens with one attached hydrogen (secondary N) is 1. The highest BCUT2D eigenvalue weighted by Gasteiger charge is 2.22. The average Bonchev–Trinajstić information content (AvgIpc) is 2.66. The summed E-state index contributed by atoms with van der Waals surface area (Å²) >= 11 is 0. The van der Waals surface area contributed by atoms with Crippen molar-refractivity contribution in [3.8, 4) is 0 Å². The second kappa shape index (κ2) is 5.99. The molecule has 8 nitrogen and oxygen atoms in total. The second-order valence-corrected chi connectivity index (χ2v) is 5.86. The molecule has 3 N–H and O–H groups in total. The van der Waals surface area contributed by atoms with Crippen molar-refractivity contribution in [2.24, 2.45) is 5.84 Å². The second-order valence-electron chi connectivity index (χ2n) is 5.86. The van der Waals surface area contributed by atoms with Gasteiger partial charge in [-0.2, -0.15) is 4.98 Å². The van der Waals surface area contributed by atoms with E-state index >= 15 is 0 Å². The van der Waals surface area contributed by atoms with Crippen molar-refractivity contribution in [2.45, 2.75) is 12.8 Å². The minimum atomic E-state index is -0.438. The van der Waals surface area contributed by atoms with Gasteiger partial charge >= 0.3 is 0 Å². The van der Waals surface area contributed by atoms with Crippen molar-refractivity contribution in [3.63, 3.8) is 0 Å². The van der Waals surface area contributed by atoms with Gasteiger partial charge in [0.15, 0.2) is 0 Å². The Morgan fingerprint density at radius 1 is 1.20 bits per heavy atom. The Labute approximate surface area is 143 Å². The molecule has 1 aliphatic heterocycles. The topological polar surface area (TPSA) is 110 Å². The fraction of sp³-hybridized carbons (Fsp3) is 0.176. The molecule has 2 heterocycles. The summed E-state index contributed by atoms with van der Waals surface area (Å²) in [5.74, 6) is 6.43. The van der Waals surface area contributed by atoms with Crippen LogP contribution < -0.4 is 16.2 Å². The highest BCUT2D eigenvalue weighted by Crippen LogP contribution is 2.36. The van der Waals surface area contributed by atoms with Gasteiger partial charge in [0, 0.05) is 29.8 Å². The number of non-ortho nitro benzene ring substituents is 1. The maximum absolute atomic E-state index is 11.1. The number of rotatable bonds is 3. The van der Waals surface area contributed by atoms with Gasteiger partial charge in [-0.05, 0) is 30.5 Å². The van der Waals surface area contributed by atoms with Crippen LogP contribution in [0.4, 0.5) is 23.1 Å². The largest absolute Gasteiger partial charge is 0.325 e. The molecule has 0 radical (unpaired) electrons. The van der Waals surface area contributed by atoms with Crippen molar-refractivity contribution < 1.29 is 4.92 Å². The Morgan fingerprint density at radius 3 is 2.84 bits per heavy atom. The van der Waals surface area contributed by atoms with Gasteiger partial charge in [-0.1, -0.05) is 18.2 Å². The number of nitro benzene ring substituents is 1. The molecule has 0 aliphatic carbocycles. The fourth-order valence-corrected chi connectivity index (χ4v) is 3.24. The Bertz CT molecular complexity index is 975. The van der Waals surface area contributed by atoms with Crippen LogP contribution in [0.2, 0.25) is 0 Å². The zero-order valence-corrected chi connectivity index (χ0v) is 13.3. The first-order valence-electron chi connectivity index (χ1n) is 7.95. The zero-order valence-electron chi connectivity index (χ0n) is 13.3. The van der Waals surface area contributed by atoms with E-state index in [9.17, 15) is 10.1 Å². The number of nitrogens with zero attached hydrogens (tertiary/aromatic N) is 4. The summed E-state index contributed by atoms with van der Waals surface area (Å²) in [7, 11) is 0. The van der Waals surface area contributed by atoms with Crippen LogP contribution in [0.25, 0.3) is 10.9 Å². The molecule has 0 bridgehead atoms. The lowest BCUT2D eigenvalue weighted by Gasteiger charge is -2.31. The molecule has 25 heavy (non-hydrogen) atoms. The van der Waals surface area contributed by atoms with Gasteiger partial charge < -0.3 is 4.90 Å². The Balaban J connectivity index is 1.94. The van der Waals surface area contributed by atoms with Crippen LogP contribution in [0.1, 0.15) is 12.0 Å². The predicted octanol–water partition coefficient (Wildman–Crippen LogP) is 2.91. The van der Waals surface area contributed by atoms with Crippen molar-refractivity contribution in [1.82, 2.24) is 9.97 Å². The molecule has 2 aromatic carbocycles. The summed E-state index contributed by atoms with van der Waals surface area (Å²) in [5.41, 5.74) is 5.27. The monoisotopic (exact) mass is 336 g/mol. The number of aryl methyl sites for hydroxylation is 1. The molecule has 0 saturated carbocycles. The number of aromatic nitrogens is 2. The molecular formula is C17H16N6O2. The molecular weight excluding hydrogens is 320 g/mol. The average molecular weight is 336 g/mol. The summed E-state index contributed by atoms with van der Waals surface area (Å²) in [4.78, 5) is 21.5. The van der Waals surface area contributed by atoms with Crippen LogP contribution in [0.15, 0.2) is 42.5 Å². The van der Waals surface area contributed by atoms with E-state index in [2.05, 4.69) is 32.4 Å². The molecule has 0 spiro atoms. The van der Waals surface area contributed by atoms with E-state index in [1.807, 2.05) is 12.1 Å². The maximum Gasteiger partial charge on any atom is 0.271 e. The molecule has 1 aromatic heterocycles. The number of hydrogen-bond acceptors (Lipinski definition) is 7. The van der Waals surface area contributed by atoms with Crippen LogP contribution in [-0.4, -0.2) is 21.4 Å². The molecule has 0 unspecified atom stereocenters. The highest BCUT2D eigenvalue weighted by atomic mass is 16.6. The smallest absolute Gasteiger partial charge is 0.271 e. The first-order chi connectivity index (χ1) is 12.2. The number of anilines is 3. The van der Waals surface area contributed by atoms with Crippen LogP contribution in [0, 0.1) is 10.1 Å². The Morgan fingerprint density at radius 2 is 2.04 bits per heavy atom. The van der Waals surface area contributed by atoms with Crippen molar-refractivity contribution in [2.75, 3.05) is 16.9 Å². The van der Waals surface area contributed by atoms with Gasteiger partial charge in [-0.25, -0.2) is 10.8 Å². The Kier molecular flexibility index (Phi) is 3.66. The van der Waals surface area contributed by atoms with Crippen molar-refractivity contribution in [1.29, 1.82) is 0 Å². The number of para-hydroxylation sites is 1. The third-order valence-corrected chi connectivity index (χ3v) is 4.37. The molecule has 0 amide bonds. The van der Waals surface area contributed by atoms with E-state index in [1.54, 1.807) is 6.07 Å². The predicted molar refractivity (Wildman–Crippen MR) is 95.8 cm³/mol. The third-order valence-electron chi connectivity index (χ3n) is 4.37. The first-order valence-corrected chi connectivity index (χ1v) is 7.95. The van der Waals surface area contributed by atoms with Gasteiger partial charge in [-0.15, -0.1) is 0 Å². The van der Waals surface area contributed by atoms with Crippen molar-refractivity contribution in [3.05, 3.63) is 58.1 Å². The van der Waals surface area contributed by atoms with Crippen molar-refractivity contribution >= 4 is 34.0 Å². The van der Waals surface area contributed by atoms with Crippen LogP contribution in [0.5, 0.6) is 0 Å². The van der Waals surface area contributed by atoms with E-state index in [0.717, 1.165) is 30.5 Å². The summed E-state index contributed by atoms with van der Waals surface area (Å²) in [5, 5.41) is 11.8. The summed E-state index contributed by atoms with van der Waals surface area (Å²) in [6.45, 7) is 0.810. The highest BCUT2D eigenvalue weighted by molar-refractivity contribution is 5.94. The molecule has 1 aliphatic rings. The maximum atomic E-state index is 11.1. The number of fused-ring (bicyclic) bond motifs is 2. The standard InChI is InChI=1S/C17H16N6O2/c18-21-17-19-14-10-12(23(24)25)7-8-13(14)16(20-17)22-9-3-5-11-4-1-2-6-15(11)22/h1-2,4,6-8,10H,3,5,9,18H2,(H,19,20,21). The first kappa shape index (κ1) is 15.3. The summed E-state index contributed by atoms with van der Waals surface area (Å²) in [6, 6.07) is 12.8. The van der Waals surface area contributed by atoms with Gasteiger partial charge in [0.05, 0.1) is 10.4 Å².